The Hall–Kier alpha value is -1.84. The van der Waals surface area contributed by atoms with Crippen molar-refractivity contribution in [1.82, 2.24) is 9.55 Å². The van der Waals surface area contributed by atoms with Crippen LogP contribution in [0.4, 0.5) is 14.6 Å². The monoisotopic (exact) mass is 303 g/mol. The minimum Gasteiger partial charge on any atom is -0.391 e. The fraction of sp³-hybridized carbons (Fsp3) is 0.500. The lowest BCUT2D eigenvalue weighted by atomic mass is 10.1. The molecule has 1 unspecified atom stereocenters. The Kier molecular flexibility index (Phi) is 3.83. The summed E-state index contributed by atoms with van der Waals surface area (Å²) in [5.74, 6) is -3.93. The summed E-state index contributed by atoms with van der Waals surface area (Å²) >= 11 is 0. The molecule has 1 saturated heterocycles. The molecule has 2 rings (SSSR count). The van der Waals surface area contributed by atoms with Gasteiger partial charge in [-0.2, -0.15) is 13.8 Å². The number of halogens is 2. The molecule has 116 valence electrons. The molecule has 7 nitrogen and oxygen atoms in total. The van der Waals surface area contributed by atoms with E-state index in [4.69, 9.17) is 10.5 Å². The van der Waals surface area contributed by atoms with E-state index in [9.17, 15) is 23.8 Å². The van der Waals surface area contributed by atoms with Crippen LogP contribution in [0, 0.1) is 0 Å². The maximum Gasteiger partial charge on any atom is 0.351 e. The number of hydrogen-bond acceptors (Lipinski definition) is 6. The number of hydrogen-bond donors (Lipinski definition) is 3. The van der Waals surface area contributed by atoms with Gasteiger partial charge in [-0.15, -0.1) is 0 Å². The van der Waals surface area contributed by atoms with E-state index >= 15 is 0 Å². The minimum absolute atomic E-state index is 0.153. The lowest BCUT2D eigenvalue weighted by Crippen LogP contribution is -2.43. The lowest BCUT2D eigenvalue weighted by Gasteiger charge is -2.21. The van der Waals surface area contributed by atoms with E-state index in [0.29, 0.717) is 4.57 Å². The highest BCUT2D eigenvalue weighted by atomic mass is 19.3. The second-order valence-corrected chi connectivity index (χ2v) is 4.79. The van der Waals surface area contributed by atoms with E-state index in [0.717, 1.165) is 6.20 Å². The van der Waals surface area contributed by atoms with Crippen LogP contribution in [0.1, 0.15) is 18.7 Å². The Balaban J connectivity index is 2.52. The van der Waals surface area contributed by atoms with Crippen LogP contribution in [-0.4, -0.2) is 44.0 Å². The molecule has 9 heteroatoms. The number of aliphatic hydroxyl groups excluding tert-OH is 2. The number of nitrogen functional groups attached to an aromatic ring is 1. The highest BCUT2D eigenvalue weighted by molar-refractivity contribution is 5.57. The molecule has 0 bridgehead atoms. The third-order valence-electron chi connectivity index (χ3n) is 3.28. The molecule has 0 spiro atoms. The van der Waals surface area contributed by atoms with E-state index in [-0.39, 0.29) is 11.4 Å². The van der Waals surface area contributed by atoms with Crippen molar-refractivity contribution < 1.29 is 23.7 Å². The van der Waals surface area contributed by atoms with Gasteiger partial charge in [-0.3, -0.25) is 4.57 Å². The number of aromatic nitrogens is 2. The summed E-state index contributed by atoms with van der Waals surface area (Å²) in [6.07, 6.45) is -4.94. The van der Waals surface area contributed by atoms with Gasteiger partial charge in [0.2, 0.25) is 6.23 Å². The molecule has 0 amide bonds. The molecular formula is C12H15F2N3O4. The summed E-state index contributed by atoms with van der Waals surface area (Å²) in [6.45, 7) is 4.63. The van der Waals surface area contributed by atoms with Crippen LogP contribution in [0.15, 0.2) is 17.6 Å². The van der Waals surface area contributed by atoms with Crippen molar-refractivity contribution in [3.05, 3.63) is 28.8 Å². The first-order valence-corrected chi connectivity index (χ1v) is 6.10. The van der Waals surface area contributed by atoms with Gasteiger partial charge in [-0.1, -0.05) is 12.7 Å². The lowest BCUT2D eigenvalue weighted by molar-refractivity contribution is -0.141. The van der Waals surface area contributed by atoms with E-state index in [1.807, 2.05) is 0 Å². The Morgan fingerprint density at radius 3 is 2.76 bits per heavy atom. The highest BCUT2D eigenvalue weighted by Gasteiger charge is 2.60. The number of nitrogens with two attached hydrogens (primary N) is 1. The maximum atomic E-state index is 14.1. The molecule has 2 heterocycles. The zero-order valence-electron chi connectivity index (χ0n) is 11.1. The molecule has 4 atom stereocenters. The largest absolute Gasteiger partial charge is 0.391 e. The topological polar surface area (TPSA) is 111 Å². The van der Waals surface area contributed by atoms with Crippen LogP contribution in [0.3, 0.4) is 0 Å². The summed E-state index contributed by atoms with van der Waals surface area (Å²) in [5, 5.41) is 19.0. The fourth-order valence-corrected chi connectivity index (χ4v) is 2.13. The second-order valence-electron chi connectivity index (χ2n) is 4.79. The number of rotatable bonds is 3. The predicted octanol–water partition coefficient (Wildman–Crippen LogP) is -0.257. The molecule has 0 saturated carbocycles. The third-order valence-corrected chi connectivity index (χ3v) is 3.28. The first-order valence-electron chi connectivity index (χ1n) is 6.10. The SMILES string of the molecule is C=Cc1cn([C@@H]2O[C@H](C(C)O)[C@@H](O)C2(F)F)c(=O)nc1N. The normalized spacial score (nSPS) is 29.3. The molecule has 0 aliphatic carbocycles. The van der Waals surface area contributed by atoms with Crippen molar-refractivity contribution in [3.63, 3.8) is 0 Å². The quantitative estimate of drug-likeness (QED) is 0.710. The maximum absolute atomic E-state index is 14.1. The average Bonchev–Trinajstić information content (AvgIpc) is 2.62. The van der Waals surface area contributed by atoms with Crippen molar-refractivity contribution in [2.45, 2.75) is 37.4 Å². The highest BCUT2D eigenvalue weighted by Crippen LogP contribution is 2.43. The van der Waals surface area contributed by atoms with E-state index < -0.39 is 36.2 Å². The summed E-state index contributed by atoms with van der Waals surface area (Å²) < 4.78 is 33.6. The van der Waals surface area contributed by atoms with Gasteiger partial charge in [0.05, 0.1) is 6.10 Å². The summed E-state index contributed by atoms with van der Waals surface area (Å²) in [4.78, 5) is 15.2. The van der Waals surface area contributed by atoms with Crippen LogP contribution in [0.25, 0.3) is 6.08 Å². The standard InChI is InChI=1S/C12H15F2N3O4/c1-3-6-4-17(11(20)16-9(6)15)10-12(13,14)8(19)7(21-10)5(2)18/h3-5,7-8,10,18-19H,1H2,2H3,(H2,15,16,20)/t5?,7-,8-,10-/m1/s1. The van der Waals surface area contributed by atoms with E-state index in [1.54, 1.807) is 0 Å². The average molecular weight is 303 g/mol. The van der Waals surface area contributed by atoms with Gasteiger partial charge in [0.25, 0.3) is 0 Å². The van der Waals surface area contributed by atoms with Gasteiger partial charge in [-0.25, -0.2) is 4.79 Å². The predicted molar refractivity (Wildman–Crippen MR) is 69.5 cm³/mol. The Labute approximate surface area is 118 Å². The Morgan fingerprint density at radius 1 is 1.67 bits per heavy atom. The number of ether oxygens (including phenoxy) is 1. The van der Waals surface area contributed by atoms with Gasteiger partial charge < -0.3 is 20.7 Å². The zero-order chi connectivity index (χ0) is 15.9. The summed E-state index contributed by atoms with van der Waals surface area (Å²) in [6, 6.07) is 0. The first-order chi connectivity index (χ1) is 9.70. The molecule has 21 heavy (non-hydrogen) atoms. The molecular weight excluding hydrogens is 288 g/mol. The van der Waals surface area contributed by atoms with Crippen LogP contribution in [-0.2, 0) is 4.74 Å². The van der Waals surface area contributed by atoms with Crippen molar-refractivity contribution >= 4 is 11.9 Å². The Morgan fingerprint density at radius 2 is 2.29 bits per heavy atom. The molecule has 0 radical (unpaired) electrons. The number of aliphatic hydroxyl groups is 2. The van der Waals surface area contributed by atoms with Crippen molar-refractivity contribution in [3.8, 4) is 0 Å². The molecule has 4 N–H and O–H groups in total. The zero-order valence-corrected chi connectivity index (χ0v) is 11.1. The fourth-order valence-electron chi connectivity index (χ4n) is 2.13. The number of nitrogens with zero attached hydrogens (tertiary/aromatic N) is 2. The van der Waals surface area contributed by atoms with Gasteiger partial charge in [0.15, 0.2) is 6.10 Å². The van der Waals surface area contributed by atoms with E-state index in [2.05, 4.69) is 11.6 Å². The number of anilines is 1. The van der Waals surface area contributed by atoms with Gasteiger partial charge in [0, 0.05) is 11.8 Å². The van der Waals surface area contributed by atoms with Crippen molar-refractivity contribution in [2.24, 2.45) is 0 Å². The Bertz CT molecular complexity index is 617. The van der Waals surface area contributed by atoms with Crippen LogP contribution >= 0.6 is 0 Å². The van der Waals surface area contributed by atoms with Gasteiger partial charge in [-0.05, 0) is 6.92 Å². The second kappa shape index (κ2) is 5.17. The number of alkyl halides is 2. The molecule has 1 aromatic rings. The summed E-state index contributed by atoms with van der Waals surface area (Å²) in [5.41, 5.74) is 4.57. The molecule has 0 aromatic carbocycles. The molecule has 1 aromatic heterocycles. The van der Waals surface area contributed by atoms with Crippen LogP contribution in [0.5, 0.6) is 0 Å². The molecule has 1 fully saturated rings. The summed E-state index contributed by atoms with van der Waals surface area (Å²) in [7, 11) is 0. The molecule has 1 aliphatic heterocycles. The minimum atomic E-state index is -3.78. The van der Waals surface area contributed by atoms with Gasteiger partial charge >= 0.3 is 11.6 Å². The van der Waals surface area contributed by atoms with E-state index in [1.165, 1.54) is 13.0 Å². The first kappa shape index (κ1) is 15.5. The molecule has 1 aliphatic rings. The van der Waals surface area contributed by atoms with Crippen molar-refractivity contribution in [2.75, 3.05) is 5.73 Å². The van der Waals surface area contributed by atoms with Crippen LogP contribution in [0.2, 0.25) is 0 Å². The van der Waals surface area contributed by atoms with Crippen molar-refractivity contribution in [1.29, 1.82) is 0 Å². The smallest absolute Gasteiger partial charge is 0.351 e. The van der Waals surface area contributed by atoms with Crippen LogP contribution < -0.4 is 11.4 Å². The van der Waals surface area contributed by atoms with Gasteiger partial charge in [0.1, 0.15) is 11.9 Å². The third kappa shape index (κ3) is 2.43.